The van der Waals surface area contributed by atoms with Crippen molar-refractivity contribution in [1.82, 2.24) is 5.16 Å². The lowest BCUT2D eigenvalue weighted by molar-refractivity contribution is -0.959. The smallest absolute Gasteiger partial charge is 0.191 e. The van der Waals surface area contributed by atoms with E-state index in [1.165, 1.54) is 5.56 Å². The molecular weight excluding hydrogens is 448 g/mol. The highest BCUT2D eigenvalue weighted by Crippen LogP contribution is 2.39. The summed E-state index contributed by atoms with van der Waals surface area (Å²) in [5.74, 6) is 2.38. The minimum atomic E-state index is -1.38. The molecule has 1 atom stereocenters. The van der Waals surface area contributed by atoms with Crippen LogP contribution in [0.1, 0.15) is 41.0 Å². The van der Waals surface area contributed by atoms with Gasteiger partial charge in [-0.3, -0.25) is 0 Å². The first kappa shape index (κ1) is 23.0. The molecule has 2 bridgehead atoms. The number of ether oxygens (including phenoxy) is 1. The summed E-state index contributed by atoms with van der Waals surface area (Å²) in [5.41, 5.74) is 1.90. The molecule has 1 N–H and O–H groups in total. The van der Waals surface area contributed by atoms with Crippen LogP contribution in [0.25, 0.3) is 0 Å². The third kappa shape index (κ3) is 4.23. The quantitative estimate of drug-likeness (QED) is 0.357. The number of hydrogen-bond donors (Lipinski definition) is 1. The maximum atomic E-state index is 12.1. The predicted octanol–water partition coefficient (Wildman–Crippen LogP) is 5.46. The van der Waals surface area contributed by atoms with Crippen molar-refractivity contribution in [1.29, 1.82) is 0 Å². The lowest BCUT2D eigenvalue weighted by atomic mass is 9.82. The van der Waals surface area contributed by atoms with Crippen LogP contribution in [-0.2, 0) is 12.1 Å². The van der Waals surface area contributed by atoms with Gasteiger partial charge in [-0.15, -0.1) is 0 Å². The molecule has 1 aromatic heterocycles. The second-order valence-corrected chi connectivity index (χ2v) is 10.6. The number of hydrogen-bond acceptors (Lipinski definition) is 4. The number of quaternary nitrogens is 1. The fourth-order valence-corrected chi connectivity index (χ4v) is 6.15. The zero-order valence-corrected chi connectivity index (χ0v) is 20.7. The van der Waals surface area contributed by atoms with Gasteiger partial charge in [0.1, 0.15) is 24.5 Å². The standard InChI is InChI=1S/C31H33N2O3/c1-23-9-8-14-27(19-23)35-29-22-33(17-15-24(29)16-18-33)21-28-20-30(32-36-28)31(34,25-10-4-2-5-11-25)26-12-6-3-7-13-26/h2-14,19-20,24,29,34H,15-18,21-22H2,1H3/q+1/t24?,29-,33?/m0/s1. The van der Waals surface area contributed by atoms with Crippen LogP contribution in [0.2, 0.25) is 0 Å². The molecule has 5 heteroatoms. The Balaban J connectivity index is 1.26. The lowest BCUT2D eigenvalue weighted by Gasteiger charge is -2.51. The Morgan fingerprint density at radius 2 is 1.58 bits per heavy atom. The Labute approximate surface area is 212 Å². The first-order valence-electron chi connectivity index (χ1n) is 12.9. The Morgan fingerprint density at radius 1 is 0.917 bits per heavy atom. The molecule has 5 nitrogen and oxygen atoms in total. The van der Waals surface area contributed by atoms with E-state index in [-0.39, 0.29) is 6.10 Å². The number of aliphatic hydroxyl groups is 1. The van der Waals surface area contributed by atoms with E-state index >= 15 is 0 Å². The van der Waals surface area contributed by atoms with Gasteiger partial charge in [-0.05, 0) is 35.7 Å². The van der Waals surface area contributed by atoms with Crippen LogP contribution < -0.4 is 4.74 Å². The first-order chi connectivity index (χ1) is 17.5. The van der Waals surface area contributed by atoms with Crippen molar-refractivity contribution >= 4 is 0 Å². The topological polar surface area (TPSA) is 55.5 Å². The Hall–Kier alpha value is -3.41. The summed E-state index contributed by atoms with van der Waals surface area (Å²) in [6.07, 6.45) is 2.53. The second kappa shape index (κ2) is 9.23. The van der Waals surface area contributed by atoms with E-state index < -0.39 is 5.60 Å². The normalized spacial score (nSPS) is 23.5. The van der Waals surface area contributed by atoms with E-state index in [1.807, 2.05) is 66.7 Å². The summed E-state index contributed by atoms with van der Waals surface area (Å²) in [6, 6.07) is 29.7. The van der Waals surface area contributed by atoms with Crippen LogP contribution in [0.5, 0.6) is 5.75 Å². The van der Waals surface area contributed by atoms with Crippen LogP contribution in [0.3, 0.4) is 0 Å². The summed E-state index contributed by atoms with van der Waals surface area (Å²) in [4.78, 5) is 0. The van der Waals surface area contributed by atoms with Gasteiger partial charge < -0.3 is 18.8 Å². The van der Waals surface area contributed by atoms with Crippen molar-refractivity contribution in [3.8, 4) is 5.75 Å². The summed E-state index contributed by atoms with van der Waals surface area (Å²) in [5, 5.41) is 16.5. The molecule has 0 radical (unpaired) electrons. The van der Waals surface area contributed by atoms with Gasteiger partial charge in [0.25, 0.3) is 0 Å². The second-order valence-electron chi connectivity index (χ2n) is 10.6. The number of benzene rings is 3. The molecule has 0 unspecified atom stereocenters. The van der Waals surface area contributed by atoms with Gasteiger partial charge in [-0.1, -0.05) is 78.0 Å². The SMILES string of the molecule is Cc1cccc(O[C@H]2C[N+]3(Cc4cc(C(O)(c5ccccc5)c5ccccc5)no4)CCC2CC3)c1. The summed E-state index contributed by atoms with van der Waals surface area (Å²) < 4.78 is 13.4. The van der Waals surface area contributed by atoms with Crippen molar-refractivity contribution < 1.29 is 18.8 Å². The zero-order chi connectivity index (χ0) is 24.6. The van der Waals surface area contributed by atoms with E-state index in [0.29, 0.717) is 11.6 Å². The molecule has 0 spiro atoms. The molecule has 3 aromatic carbocycles. The van der Waals surface area contributed by atoms with Gasteiger partial charge in [-0.25, -0.2) is 0 Å². The zero-order valence-electron chi connectivity index (χ0n) is 20.7. The van der Waals surface area contributed by atoms with Crippen molar-refractivity contribution in [2.45, 2.75) is 38.0 Å². The first-order valence-corrected chi connectivity index (χ1v) is 12.9. The number of aromatic nitrogens is 1. The van der Waals surface area contributed by atoms with E-state index in [2.05, 4.69) is 36.3 Å². The van der Waals surface area contributed by atoms with Crippen LogP contribution >= 0.6 is 0 Å². The van der Waals surface area contributed by atoms with Crippen molar-refractivity contribution in [3.05, 3.63) is 119 Å². The highest BCUT2D eigenvalue weighted by Gasteiger charge is 2.48. The van der Waals surface area contributed by atoms with Crippen molar-refractivity contribution in [2.75, 3.05) is 19.6 Å². The average molecular weight is 482 g/mol. The maximum absolute atomic E-state index is 12.1. The van der Waals surface area contributed by atoms with E-state index in [1.54, 1.807) is 0 Å². The molecule has 3 aliphatic rings. The molecular formula is C31H33N2O3+. The molecule has 3 aliphatic heterocycles. The fourth-order valence-electron chi connectivity index (χ4n) is 6.15. The van der Waals surface area contributed by atoms with Gasteiger partial charge in [0.15, 0.2) is 17.5 Å². The molecule has 0 amide bonds. The molecule has 184 valence electrons. The van der Waals surface area contributed by atoms with Crippen LogP contribution in [0.15, 0.2) is 95.5 Å². The Bertz CT molecular complexity index is 1270. The van der Waals surface area contributed by atoms with Gasteiger partial charge in [-0.2, -0.15) is 0 Å². The highest BCUT2D eigenvalue weighted by molar-refractivity contribution is 5.44. The number of rotatable bonds is 7. The van der Waals surface area contributed by atoms with E-state index in [9.17, 15) is 5.11 Å². The number of aryl methyl sites for hydroxylation is 1. The molecule has 3 fully saturated rings. The number of fused-ring (bicyclic) bond motifs is 3. The third-order valence-corrected chi connectivity index (χ3v) is 8.12. The Morgan fingerprint density at radius 3 is 2.22 bits per heavy atom. The molecule has 3 saturated heterocycles. The monoisotopic (exact) mass is 481 g/mol. The molecule has 0 aliphatic carbocycles. The fraction of sp³-hybridized carbons (Fsp3) is 0.323. The third-order valence-electron chi connectivity index (χ3n) is 8.12. The Kier molecular flexibility index (Phi) is 5.90. The number of nitrogens with zero attached hydrogens (tertiary/aromatic N) is 2. The largest absolute Gasteiger partial charge is 0.484 e. The molecule has 4 heterocycles. The highest BCUT2D eigenvalue weighted by atomic mass is 16.5. The molecule has 0 saturated carbocycles. The average Bonchev–Trinajstić information content (AvgIpc) is 3.38. The van der Waals surface area contributed by atoms with Gasteiger partial charge in [0.05, 0.1) is 13.1 Å². The van der Waals surface area contributed by atoms with Crippen molar-refractivity contribution in [3.63, 3.8) is 0 Å². The van der Waals surface area contributed by atoms with Crippen LogP contribution in [0.4, 0.5) is 0 Å². The van der Waals surface area contributed by atoms with Crippen LogP contribution in [0, 0.1) is 12.8 Å². The van der Waals surface area contributed by atoms with Gasteiger partial charge >= 0.3 is 0 Å². The van der Waals surface area contributed by atoms with Crippen molar-refractivity contribution in [2.24, 2.45) is 5.92 Å². The minimum absolute atomic E-state index is 0.210. The lowest BCUT2D eigenvalue weighted by Crippen LogP contribution is -2.64. The van der Waals surface area contributed by atoms with Gasteiger partial charge in [0.2, 0.25) is 0 Å². The summed E-state index contributed by atoms with van der Waals surface area (Å²) >= 11 is 0. The van der Waals surface area contributed by atoms with Gasteiger partial charge in [0, 0.05) is 24.8 Å². The van der Waals surface area contributed by atoms with E-state index in [0.717, 1.165) is 66.1 Å². The molecule has 36 heavy (non-hydrogen) atoms. The predicted molar refractivity (Wildman–Crippen MR) is 138 cm³/mol. The minimum Gasteiger partial charge on any atom is -0.484 e. The molecule has 4 aromatic rings. The molecule has 7 rings (SSSR count). The number of piperidine rings is 3. The van der Waals surface area contributed by atoms with Crippen LogP contribution in [-0.4, -0.2) is 40.5 Å². The van der Waals surface area contributed by atoms with E-state index in [4.69, 9.17) is 9.26 Å². The summed E-state index contributed by atoms with van der Waals surface area (Å²) in [7, 11) is 0. The maximum Gasteiger partial charge on any atom is 0.191 e. The summed E-state index contributed by atoms with van der Waals surface area (Å²) in [6.45, 7) is 6.07.